The molecule has 64 valence electrons. The van der Waals surface area contributed by atoms with E-state index in [-0.39, 0.29) is 5.91 Å². The lowest BCUT2D eigenvalue weighted by molar-refractivity contribution is -0.114. The molecule has 3 heteroatoms. The van der Waals surface area contributed by atoms with E-state index in [1.165, 1.54) is 6.92 Å². The summed E-state index contributed by atoms with van der Waals surface area (Å²) < 4.78 is 0. The lowest BCUT2D eigenvalue weighted by Crippen LogP contribution is -2.06. The zero-order chi connectivity index (χ0) is 9.14. The molecule has 0 fully saturated rings. The third kappa shape index (κ3) is 1.98. The Hall–Kier alpha value is -1.02. The Morgan fingerprint density at radius 3 is 2.75 bits per heavy atom. The molecule has 12 heavy (non-hydrogen) atoms. The van der Waals surface area contributed by atoms with E-state index in [4.69, 9.17) is 11.6 Å². The Labute approximate surface area is 76.5 Å². The van der Waals surface area contributed by atoms with Crippen LogP contribution in [0.5, 0.6) is 0 Å². The normalized spacial score (nSPS) is 9.58. The van der Waals surface area contributed by atoms with Crippen LogP contribution in [0.1, 0.15) is 12.5 Å². The first kappa shape index (κ1) is 9.07. The molecule has 0 heterocycles. The van der Waals surface area contributed by atoms with E-state index in [2.05, 4.69) is 5.32 Å². The van der Waals surface area contributed by atoms with Crippen LogP contribution >= 0.6 is 11.6 Å². The molecule has 0 aliphatic carbocycles. The number of anilines is 1. The summed E-state index contributed by atoms with van der Waals surface area (Å²) in [5, 5.41) is 3.25. The average molecular weight is 184 g/mol. The minimum Gasteiger partial charge on any atom is -0.325 e. The van der Waals surface area contributed by atoms with Crippen LogP contribution in [0.25, 0.3) is 0 Å². The van der Waals surface area contributed by atoms with Crippen molar-refractivity contribution < 1.29 is 4.79 Å². The summed E-state index contributed by atoms with van der Waals surface area (Å²) in [6.45, 7) is 3.35. The lowest BCUT2D eigenvalue weighted by Gasteiger charge is -2.05. The summed E-state index contributed by atoms with van der Waals surface area (Å²) >= 11 is 5.92. The number of nitrogens with one attached hydrogen (secondary N) is 1. The van der Waals surface area contributed by atoms with Gasteiger partial charge in [-0.1, -0.05) is 23.7 Å². The summed E-state index contributed by atoms with van der Waals surface area (Å²) in [5.74, 6) is -0.109. The third-order valence-corrected chi connectivity index (χ3v) is 2.00. The van der Waals surface area contributed by atoms with Gasteiger partial charge in [-0.05, 0) is 18.6 Å². The smallest absolute Gasteiger partial charge is 0.221 e. The van der Waals surface area contributed by atoms with Crippen LogP contribution in [0.4, 0.5) is 5.69 Å². The number of hydrogen-bond acceptors (Lipinski definition) is 1. The van der Waals surface area contributed by atoms with Crippen molar-refractivity contribution in [3.8, 4) is 0 Å². The molecule has 0 atom stereocenters. The van der Waals surface area contributed by atoms with Crippen LogP contribution in [0.2, 0.25) is 5.02 Å². The van der Waals surface area contributed by atoms with Crippen molar-refractivity contribution in [2.24, 2.45) is 0 Å². The van der Waals surface area contributed by atoms with Crippen molar-refractivity contribution in [1.82, 2.24) is 0 Å². The summed E-state index contributed by atoms with van der Waals surface area (Å²) in [4.78, 5) is 10.7. The zero-order valence-electron chi connectivity index (χ0n) is 7.02. The molecule has 1 N–H and O–H groups in total. The summed E-state index contributed by atoms with van der Waals surface area (Å²) in [6.07, 6.45) is 0. The second-order valence-corrected chi connectivity index (χ2v) is 3.00. The molecule has 1 amide bonds. The topological polar surface area (TPSA) is 29.1 Å². The van der Waals surface area contributed by atoms with Gasteiger partial charge in [-0.25, -0.2) is 0 Å². The summed E-state index contributed by atoms with van der Waals surface area (Å²) in [6, 6.07) is 5.52. The van der Waals surface area contributed by atoms with Gasteiger partial charge in [0.2, 0.25) is 5.91 Å². The largest absolute Gasteiger partial charge is 0.325 e. The van der Waals surface area contributed by atoms with Crippen molar-refractivity contribution in [2.75, 3.05) is 5.32 Å². The number of benzene rings is 1. The van der Waals surface area contributed by atoms with Crippen LogP contribution in [0, 0.1) is 6.92 Å². The van der Waals surface area contributed by atoms with Gasteiger partial charge < -0.3 is 5.32 Å². The molecule has 1 aromatic rings. The fraction of sp³-hybridized carbons (Fsp3) is 0.222. The molecule has 2 nitrogen and oxygen atoms in total. The number of carbonyl (C=O) groups is 1. The van der Waals surface area contributed by atoms with Crippen molar-refractivity contribution >= 4 is 23.2 Å². The third-order valence-electron chi connectivity index (χ3n) is 1.50. The Morgan fingerprint density at radius 1 is 1.50 bits per heavy atom. The fourth-order valence-electron chi connectivity index (χ4n) is 0.934. The van der Waals surface area contributed by atoms with Gasteiger partial charge in [0.25, 0.3) is 0 Å². The predicted octanol–water partition coefficient (Wildman–Crippen LogP) is 2.61. The van der Waals surface area contributed by atoms with Gasteiger partial charge in [-0.2, -0.15) is 0 Å². The first-order valence-corrected chi connectivity index (χ1v) is 4.02. The SMILES string of the molecule is CC(=O)Nc1cccc(C)c1Cl. The molecular weight excluding hydrogens is 174 g/mol. The van der Waals surface area contributed by atoms with Gasteiger partial charge in [0.15, 0.2) is 0 Å². The highest BCUT2D eigenvalue weighted by Crippen LogP contribution is 2.24. The van der Waals surface area contributed by atoms with Crippen LogP contribution in [-0.2, 0) is 4.79 Å². The molecule has 0 aliphatic rings. The number of halogens is 1. The Morgan fingerprint density at radius 2 is 2.17 bits per heavy atom. The zero-order valence-corrected chi connectivity index (χ0v) is 7.77. The highest BCUT2D eigenvalue weighted by Gasteiger charge is 2.02. The maximum Gasteiger partial charge on any atom is 0.221 e. The first-order chi connectivity index (χ1) is 5.61. The van der Waals surface area contributed by atoms with E-state index in [0.29, 0.717) is 10.7 Å². The molecule has 0 unspecified atom stereocenters. The van der Waals surface area contributed by atoms with Gasteiger partial charge in [0, 0.05) is 6.92 Å². The van der Waals surface area contributed by atoms with Crippen LogP contribution < -0.4 is 5.32 Å². The minimum absolute atomic E-state index is 0.109. The standard InChI is InChI=1S/C9H10ClNO/c1-6-4-3-5-8(9(6)10)11-7(2)12/h3-5H,1-2H3,(H,11,12). The van der Waals surface area contributed by atoms with Crippen LogP contribution in [0.3, 0.4) is 0 Å². The quantitative estimate of drug-likeness (QED) is 0.713. The van der Waals surface area contributed by atoms with Crippen molar-refractivity contribution in [2.45, 2.75) is 13.8 Å². The molecule has 0 saturated heterocycles. The van der Waals surface area contributed by atoms with Gasteiger partial charge in [-0.15, -0.1) is 0 Å². The van der Waals surface area contributed by atoms with Gasteiger partial charge in [-0.3, -0.25) is 4.79 Å². The molecule has 0 radical (unpaired) electrons. The minimum atomic E-state index is -0.109. The van der Waals surface area contributed by atoms with E-state index in [9.17, 15) is 4.79 Å². The van der Waals surface area contributed by atoms with E-state index in [1.54, 1.807) is 6.07 Å². The lowest BCUT2D eigenvalue weighted by atomic mass is 10.2. The number of aryl methyl sites for hydroxylation is 1. The van der Waals surface area contributed by atoms with Crippen molar-refractivity contribution in [3.05, 3.63) is 28.8 Å². The number of carbonyl (C=O) groups excluding carboxylic acids is 1. The average Bonchev–Trinajstić information content (AvgIpc) is 1.98. The van der Waals surface area contributed by atoms with Gasteiger partial charge >= 0.3 is 0 Å². The molecule has 0 spiro atoms. The first-order valence-electron chi connectivity index (χ1n) is 3.64. The highest BCUT2D eigenvalue weighted by atomic mass is 35.5. The second-order valence-electron chi connectivity index (χ2n) is 2.62. The summed E-state index contributed by atoms with van der Waals surface area (Å²) in [5.41, 5.74) is 1.63. The number of rotatable bonds is 1. The second kappa shape index (κ2) is 3.59. The maximum atomic E-state index is 10.7. The van der Waals surface area contributed by atoms with Crippen LogP contribution in [0.15, 0.2) is 18.2 Å². The van der Waals surface area contributed by atoms with Crippen LogP contribution in [-0.4, -0.2) is 5.91 Å². The molecule has 1 aromatic carbocycles. The van der Waals surface area contributed by atoms with Crippen molar-refractivity contribution in [1.29, 1.82) is 0 Å². The Kier molecular flexibility index (Phi) is 2.71. The van der Waals surface area contributed by atoms with Gasteiger partial charge in [0.05, 0.1) is 10.7 Å². The number of amides is 1. The molecule has 1 rings (SSSR count). The molecule has 0 aliphatic heterocycles. The predicted molar refractivity (Wildman–Crippen MR) is 50.5 cm³/mol. The monoisotopic (exact) mass is 183 g/mol. The maximum absolute atomic E-state index is 10.7. The van der Waals surface area contributed by atoms with Gasteiger partial charge in [0.1, 0.15) is 0 Å². The molecular formula is C9H10ClNO. The van der Waals surface area contributed by atoms with E-state index in [0.717, 1.165) is 5.56 Å². The van der Waals surface area contributed by atoms with Crippen molar-refractivity contribution in [3.63, 3.8) is 0 Å². The Bertz CT molecular complexity index is 309. The number of hydrogen-bond donors (Lipinski definition) is 1. The fourth-order valence-corrected chi connectivity index (χ4v) is 1.11. The molecule has 0 bridgehead atoms. The Balaban J connectivity index is 3.00. The van der Waals surface area contributed by atoms with E-state index >= 15 is 0 Å². The molecule has 0 aromatic heterocycles. The summed E-state index contributed by atoms with van der Waals surface area (Å²) in [7, 11) is 0. The van der Waals surface area contributed by atoms with E-state index < -0.39 is 0 Å². The van der Waals surface area contributed by atoms with E-state index in [1.807, 2.05) is 19.1 Å². The molecule has 0 saturated carbocycles. The highest BCUT2D eigenvalue weighted by molar-refractivity contribution is 6.34.